The minimum atomic E-state index is -4.49. The highest BCUT2D eigenvalue weighted by atomic mass is 19.4. The van der Waals surface area contributed by atoms with Gasteiger partial charge in [-0.05, 0) is 44.7 Å². The van der Waals surface area contributed by atoms with Gasteiger partial charge in [0.05, 0.1) is 6.61 Å². The van der Waals surface area contributed by atoms with Gasteiger partial charge in [0.25, 0.3) is 0 Å². The standard InChI is InChI=1S/C17H21F3N2O3/c1-16(2,3)25-15(23)22-7-10-11(8-22)12(10)9-24-14-13(17(18,19)20)5-4-6-21-14/h4-6,10-12H,7-9H2,1-3H3. The lowest BCUT2D eigenvalue weighted by molar-refractivity contribution is -0.139. The number of carbonyl (C=O) groups is 1. The van der Waals surface area contributed by atoms with Gasteiger partial charge >= 0.3 is 12.3 Å². The molecule has 0 bridgehead atoms. The average Bonchev–Trinajstić information content (AvgIpc) is 2.93. The number of ether oxygens (including phenoxy) is 2. The molecule has 2 aliphatic rings. The molecule has 1 aliphatic heterocycles. The van der Waals surface area contributed by atoms with E-state index in [9.17, 15) is 18.0 Å². The molecule has 3 rings (SSSR count). The average molecular weight is 358 g/mol. The van der Waals surface area contributed by atoms with E-state index in [2.05, 4.69) is 4.98 Å². The van der Waals surface area contributed by atoms with Gasteiger partial charge < -0.3 is 14.4 Å². The van der Waals surface area contributed by atoms with Gasteiger partial charge in [0, 0.05) is 25.2 Å². The van der Waals surface area contributed by atoms with E-state index in [1.165, 1.54) is 12.3 Å². The smallest absolute Gasteiger partial charge is 0.421 e. The molecule has 2 fully saturated rings. The molecule has 2 atom stereocenters. The van der Waals surface area contributed by atoms with Crippen molar-refractivity contribution in [3.8, 4) is 5.88 Å². The lowest BCUT2D eigenvalue weighted by Crippen LogP contribution is -2.37. The van der Waals surface area contributed by atoms with Crippen LogP contribution in [0.2, 0.25) is 0 Å². The summed E-state index contributed by atoms with van der Waals surface area (Å²) in [6, 6.07) is 2.19. The predicted octanol–water partition coefficient (Wildman–Crippen LogP) is 3.59. The summed E-state index contributed by atoms with van der Waals surface area (Å²) in [5, 5.41) is 0. The van der Waals surface area contributed by atoms with E-state index < -0.39 is 17.3 Å². The van der Waals surface area contributed by atoms with Crippen LogP contribution in [0.5, 0.6) is 5.88 Å². The second-order valence-electron chi connectivity index (χ2n) is 7.54. The molecule has 2 unspecified atom stereocenters. The molecule has 8 heteroatoms. The van der Waals surface area contributed by atoms with Crippen molar-refractivity contribution in [3.63, 3.8) is 0 Å². The summed E-state index contributed by atoms with van der Waals surface area (Å²) >= 11 is 0. The van der Waals surface area contributed by atoms with Gasteiger partial charge in [-0.3, -0.25) is 0 Å². The number of piperidine rings is 1. The van der Waals surface area contributed by atoms with Gasteiger partial charge in [0.15, 0.2) is 0 Å². The van der Waals surface area contributed by atoms with Crippen LogP contribution in [-0.4, -0.2) is 41.3 Å². The van der Waals surface area contributed by atoms with E-state index in [-0.39, 0.29) is 36.3 Å². The van der Waals surface area contributed by atoms with Gasteiger partial charge in [-0.25, -0.2) is 9.78 Å². The molecule has 25 heavy (non-hydrogen) atoms. The van der Waals surface area contributed by atoms with Crippen LogP contribution in [0.1, 0.15) is 26.3 Å². The minimum Gasteiger partial charge on any atom is -0.477 e. The number of hydrogen-bond donors (Lipinski definition) is 0. The molecule has 138 valence electrons. The number of hydrogen-bond acceptors (Lipinski definition) is 4. The van der Waals surface area contributed by atoms with Crippen LogP contribution in [0, 0.1) is 17.8 Å². The first kappa shape index (κ1) is 17.8. The Morgan fingerprint density at radius 1 is 1.28 bits per heavy atom. The number of nitrogens with zero attached hydrogens (tertiary/aromatic N) is 2. The van der Waals surface area contributed by atoms with Crippen LogP contribution in [0.25, 0.3) is 0 Å². The molecular weight excluding hydrogens is 337 g/mol. The molecular formula is C17H21F3N2O3. The Balaban J connectivity index is 1.51. The molecule has 1 amide bonds. The molecule has 5 nitrogen and oxygen atoms in total. The van der Waals surface area contributed by atoms with Crippen molar-refractivity contribution in [1.29, 1.82) is 0 Å². The number of alkyl halides is 3. The van der Waals surface area contributed by atoms with Gasteiger partial charge in [-0.2, -0.15) is 13.2 Å². The summed E-state index contributed by atoms with van der Waals surface area (Å²) in [6.07, 6.45) is -3.55. The van der Waals surface area contributed by atoms with Gasteiger partial charge in [0.2, 0.25) is 5.88 Å². The van der Waals surface area contributed by atoms with Gasteiger partial charge in [-0.1, -0.05) is 0 Å². The zero-order chi connectivity index (χ0) is 18.4. The third kappa shape index (κ3) is 3.99. The molecule has 2 heterocycles. The van der Waals surface area contributed by atoms with E-state index in [1.807, 2.05) is 20.8 Å². The maximum atomic E-state index is 12.9. The first-order valence-electron chi connectivity index (χ1n) is 8.19. The molecule has 1 aromatic heterocycles. The molecule has 1 saturated heterocycles. The van der Waals surface area contributed by atoms with Crippen molar-refractivity contribution in [2.24, 2.45) is 17.8 Å². The Hall–Kier alpha value is -1.99. The maximum absolute atomic E-state index is 12.9. The Morgan fingerprint density at radius 2 is 1.92 bits per heavy atom. The van der Waals surface area contributed by atoms with Crippen LogP contribution in [0.3, 0.4) is 0 Å². The van der Waals surface area contributed by atoms with Gasteiger partial charge in [-0.15, -0.1) is 0 Å². The van der Waals surface area contributed by atoms with Crippen molar-refractivity contribution in [3.05, 3.63) is 23.9 Å². The fraction of sp³-hybridized carbons (Fsp3) is 0.647. The fourth-order valence-electron chi connectivity index (χ4n) is 3.27. The summed E-state index contributed by atoms with van der Waals surface area (Å²) in [5.41, 5.74) is -1.41. The van der Waals surface area contributed by atoms with E-state index in [0.29, 0.717) is 13.1 Å². The topological polar surface area (TPSA) is 51.7 Å². The minimum absolute atomic E-state index is 0.154. The number of rotatable bonds is 3. The van der Waals surface area contributed by atoms with E-state index >= 15 is 0 Å². The van der Waals surface area contributed by atoms with Crippen molar-refractivity contribution in [2.75, 3.05) is 19.7 Å². The summed E-state index contributed by atoms with van der Waals surface area (Å²) in [5.74, 6) is 0.280. The predicted molar refractivity (Wildman–Crippen MR) is 83.0 cm³/mol. The van der Waals surface area contributed by atoms with Crippen LogP contribution in [-0.2, 0) is 10.9 Å². The number of likely N-dealkylation sites (tertiary alicyclic amines) is 1. The largest absolute Gasteiger partial charge is 0.477 e. The Kier molecular flexibility index (Phi) is 4.33. The molecule has 1 aliphatic carbocycles. The van der Waals surface area contributed by atoms with E-state index in [0.717, 1.165) is 6.07 Å². The molecule has 0 N–H and O–H groups in total. The monoisotopic (exact) mass is 358 g/mol. The Bertz CT molecular complexity index is 645. The van der Waals surface area contributed by atoms with Gasteiger partial charge in [0.1, 0.15) is 11.2 Å². The molecule has 1 aromatic rings. The number of fused-ring (bicyclic) bond motifs is 1. The summed E-state index contributed by atoms with van der Waals surface area (Å²) in [6.45, 7) is 6.72. The lowest BCUT2D eigenvalue weighted by atomic mass is 10.2. The lowest BCUT2D eigenvalue weighted by Gasteiger charge is -2.26. The van der Waals surface area contributed by atoms with Crippen molar-refractivity contribution >= 4 is 6.09 Å². The number of pyridine rings is 1. The third-order valence-corrected chi connectivity index (χ3v) is 4.51. The normalized spacial score (nSPS) is 25.5. The van der Waals surface area contributed by atoms with Crippen LogP contribution < -0.4 is 4.74 Å². The number of amides is 1. The highest BCUT2D eigenvalue weighted by Gasteiger charge is 2.57. The molecule has 0 spiro atoms. The van der Waals surface area contributed by atoms with E-state index in [4.69, 9.17) is 9.47 Å². The Morgan fingerprint density at radius 3 is 2.48 bits per heavy atom. The number of aromatic nitrogens is 1. The zero-order valence-corrected chi connectivity index (χ0v) is 14.3. The molecule has 0 aromatic carbocycles. The first-order chi connectivity index (χ1) is 11.6. The fourth-order valence-corrected chi connectivity index (χ4v) is 3.27. The second kappa shape index (κ2) is 6.07. The quantitative estimate of drug-likeness (QED) is 0.829. The highest BCUT2D eigenvalue weighted by molar-refractivity contribution is 5.69. The Labute approximate surface area is 144 Å². The van der Waals surface area contributed by atoms with Crippen molar-refractivity contribution in [1.82, 2.24) is 9.88 Å². The van der Waals surface area contributed by atoms with Crippen LogP contribution in [0.4, 0.5) is 18.0 Å². The second-order valence-corrected chi connectivity index (χ2v) is 7.54. The van der Waals surface area contributed by atoms with Crippen LogP contribution >= 0.6 is 0 Å². The van der Waals surface area contributed by atoms with E-state index in [1.54, 1.807) is 4.90 Å². The SMILES string of the molecule is CC(C)(C)OC(=O)N1CC2C(COc3ncccc3C(F)(F)F)C2C1. The molecule has 1 saturated carbocycles. The number of halogens is 3. The van der Waals surface area contributed by atoms with Crippen molar-refractivity contribution < 1.29 is 27.4 Å². The summed E-state index contributed by atoms with van der Waals surface area (Å²) in [4.78, 5) is 17.4. The first-order valence-corrected chi connectivity index (χ1v) is 8.19. The molecule has 0 radical (unpaired) electrons. The summed E-state index contributed by atoms with van der Waals surface area (Å²) in [7, 11) is 0. The third-order valence-electron chi connectivity index (χ3n) is 4.51. The highest BCUT2D eigenvalue weighted by Crippen LogP contribution is 2.52. The van der Waals surface area contributed by atoms with Crippen molar-refractivity contribution in [2.45, 2.75) is 32.5 Å². The zero-order valence-electron chi connectivity index (χ0n) is 14.3. The summed E-state index contributed by atoms with van der Waals surface area (Å²) < 4.78 is 49.4. The van der Waals surface area contributed by atoms with Crippen LogP contribution in [0.15, 0.2) is 18.3 Å². The number of carbonyl (C=O) groups excluding carboxylic acids is 1. The maximum Gasteiger partial charge on any atom is 0.421 e.